The summed E-state index contributed by atoms with van der Waals surface area (Å²) in [4.78, 5) is 11.8. The largest absolute Gasteiger partial charge is 0.309 e. The summed E-state index contributed by atoms with van der Waals surface area (Å²) in [5.41, 5.74) is 1.30. The Kier molecular flexibility index (Phi) is 4.93. The molecule has 0 bridgehead atoms. The maximum Gasteiger partial charge on any atom is 0.225 e. The second kappa shape index (κ2) is 6.03. The number of H-pyrrole nitrogens is 1. The van der Waals surface area contributed by atoms with Gasteiger partial charge in [-0.2, -0.15) is 5.10 Å². The molecule has 18 heavy (non-hydrogen) atoms. The monoisotopic (exact) mass is 251 g/mol. The third kappa shape index (κ3) is 5.34. The Morgan fingerprint density at radius 1 is 1.50 bits per heavy atom. The summed E-state index contributed by atoms with van der Waals surface area (Å²) >= 11 is 0. The van der Waals surface area contributed by atoms with E-state index in [1.807, 2.05) is 13.0 Å². The number of aromatic nitrogens is 2. The van der Waals surface area contributed by atoms with Gasteiger partial charge in [-0.25, -0.2) is 0 Å². The van der Waals surface area contributed by atoms with Crippen molar-refractivity contribution in [3.63, 3.8) is 0 Å². The topological polar surface area (TPSA) is 57.8 Å². The Morgan fingerprint density at radius 3 is 2.67 bits per heavy atom. The molecule has 0 radical (unpaired) electrons. The zero-order chi connectivity index (χ0) is 13.8. The summed E-state index contributed by atoms with van der Waals surface area (Å²) in [5, 5.41) is 9.77. The second-order valence-corrected chi connectivity index (χ2v) is 6.25. The van der Waals surface area contributed by atoms with Crippen LogP contribution in [0.25, 0.3) is 0 Å². The smallest absolute Gasteiger partial charge is 0.225 e. The molecule has 1 rings (SSSR count). The minimum Gasteiger partial charge on any atom is -0.309 e. The highest BCUT2D eigenvalue weighted by molar-refractivity contribution is 5.89. The van der Waals surface area contributed by atoms with Crippen molar-refractivity contribution in [2.45, 2.75) is 53.9 Å². The third-order valence-corrected chi connectivity index (χ3v) is 2.77. The number of nitrogens with one attached hydrogen (secondary N) is 2. The van der Waals surface area contributed by atoms with Gasteiger partial charge >= 0.3 is 0 Å². The van der Waals surface area contributed by atoms with Gasteiger partial charge in [0.05, 0.1) is 0 Å². The predicted octanol–water partition coefficient (Wildman–Crippen LogP) is 3.37. The van der Waals surface area contributed by atoms with Crippen LogP contribution in [0.4, 0.5) is 5.82 Å². The van der Waals surface area contributed by atoms with E-state index in [0.717, 1.165) is 18.5 Å². The van der Waals surface area contributed by atoms with Gasteiger partial charge in [-0.1, -0.05) is 34.6 Å². The molecule has 1 amide bonds. The van der Waals surface area contributed by atoms with Gasteiger partial charge in [-0.3, -0.25) is 9.89 Å². The van der Waals surface area contributed by atoms with Gasteiger partial charge in [-0.15, -0.1) is 0 Å². The van der Waals surface area contributed by atoms with Gasteiger partial charge in [0, 0.05) is 18.2 Å². The van der Waals surface area contributed by atoms with Crippen LogP contribution in [0, 0.1) is 11.3 Å². The summed E-state index contributed by atoms with van der Waals surface area (Å²) in [7, 11) is 0. The van der Waals surface area contributed by atoms with Crippen molar-refractivity contribution in [3.05, 3.63) is 11.8 Å². The molecule has 0 aliphatic rings. The van der Waals surface area contributed by atoms with E-state index in [1.54, 1.807) is 0 Å². The first-order chi connectivity index (χ1) is 8.30. The Balaban J connectivity index is 2.41. The molecular weight excluding hydrogens is 226 g/mol. The van der Waals surface area contributed by atoms with Crippen molar-refractivity contribution in [2.75, 3.05) is 5.32 Å². The fourth-order valence-electron chi connectivity index (χ4n) is 2.23. The molecule has 0 aliphatic carbocycles. The van der Waals surface area contributed by atoms with Crippen molar-refractivity contribution in [3.8, 4) is 0 Å². The van der Waals surface area contributed by atoms with Crippen LogP contribution >= 0.6 is 0 Å². The van der Waals surface area contributed by atoms with E-state index >= 15 is 0 Å². The quantitative estimate of drug-likeness (QED) is 0.843. The molecule has 1 unspecified atom stereocenters. The molecule has 4 heteroatoms. The second-order valence-electron chi connectivity index (χ2n) is 6.25. The molecule has 1 aromatic heterocycles. The molecule has 0 aromatic carbocycles. The van der Waals surface area contributed by atoms with Crippen molar-refractivity contribution in [1.82, 2.24) is 10.2 Å². The molecule has 0 aliphatic heterocycles. The fourth-order valence-corrected chi connectivity index (χ4v) is 2.23. The van der Waals surface area contributed by atoms with Crippen molar-refractivity contribution in [1.29, 1.82) is 0 Å². The Hall–Kier alpha value is -1.32. The van der Waals surface area contributed by atoms with Crippen molar-refractivity contribution in [2.24, 2.45) is 11.3 Å². The van der Waals surface area contributed by atoms with Gasteiger partial charge in [0.15, 0.2) is 5.82 Å². The van der Waals surface area contributed by atoms with E-state index in [-0.39, 0.29) is 11.3 Å². The number of rotatable bonds is 5. The Labute approximate surface area is 110 Å². The number of carbonyl (C=O) groups excluding carboxylic acids is 1. The van der Waals surface area contributed by atoms with E-state index in [4.69, 9.17) is 0 Å². The van der Waals surface area contributed by atoms with E-state index < -0.39 is 0 Å². The van der Waals surface area contributed by atoms with E-state index in [2.05, 4.69) is 43.2 Å². The van der Waals surface area contributed by atoms with Gasteiger partial charge in [0.2, 0.25) is 5.91 Å². The van der Waals surface area contributed by atoms with Crippen LogP contribution in [-0.2, 0) is 11.2 Å². The highest BCUT2D eigenvalue weighted by Gasteiger charge is 2.18. The lowest BCUT2D eigenvalue weighted by Crippen LogP contribution is -2.19. The first kappa shape index (κ1) is 14.7. The lowest BCUT2D eigenvalue weighted by Gasteiger charge is -2.22. The van der Waals surface area contributed by atoms with Crippen molar-refractivity contribution >= 4 is 11.7 Å². The Bertz CT molecular complexity index is 390. The third-order valence-electron chi connectivity index (χ3n) is 2.77. The first-order valence-corrected chi connectivity index (χ1v) is 6.64. The van der Waals surface area contributed by atoms with Gasteiger partial charge in [0.1, 0.15) is 0 Å². The summed E-state index contributed by atoms with van der Waals surface area (Å²) < 4.78 is 0. The van der Waals surface area contributed by atoms with Crippen molar-refractivity contribution < 1.29 is 4.79 Å². The molecule has 1 heterocycles. The number of aryl methyl sites for hydroxylation is 1. The van der Waals surface area contributed by atoms with Crippen LogP contribution in [0.15, 0.2) is 6.07 Å². The summed E-state index contributed by atoms with van der Waals surface area (Å²) in [6.45, 7) is 10.8. The van der Waals surface area contributed by atoms with Crippen LogP contribution < -0.4 is 5.32 Å². The molecule has 0 spiro atoms. The molecular formula is C14H25N3O. The van der Waals surface area contributed by atoms with Crippen LogP contribution in [0.5, 0.6) is 0 Å². The molecule has 2 N–H and O–H groups in total. The summed E-state index contributed by atoms with van der Waals surface area (Å²) in [6.07, 6.45) is 2.48. The molecule has 1 aromatic rings. The highest BCUT2D eigenvalue weighted by atomic mass is 16.1. The highest BCUT2D eigenvalue weighted by Crippen LogP contribution is 2.26. The lowest BCUT2D eigenvalue weighted by molar-refractivity contribution is -0.117. The van der Waals surface area contributed by atoms with Gasteiger partial charge in [-0.05, 0) is 24.2 Å². The van der Waals surface area contributed by atoms with Crippen LogP contribution in [-0.4, -0.2) is 16.1 Å². The van der Waals surface area contributed by atoms with Gasteiger partial charge < -0.3 is 5.32 Å². The number of nitrogens with zero attached hydrogens (tertiary/aromatic N) is 1. The average molecular weight is 251 g/mol. The number of carbonyl (C=O) groups is 1. The maximum absolute atomic E-state index is 11.8. The number of amides is 1. The zero-order valence-corrected chi connectivity index (χ0v) is 12.1. The van der Waals surface area contributed by atoms with Crippen LogP contribution in [0.2, 0.25) is 0 Å². The molecule has 0 saturated heterocycles. The molecule has 1 atom stereocenters. The molecule has 0 saturated carbocycles. The normalized spacial score (nSPS) is 13.4. The van der Waals surface area contributed by atoms with E-state index in [1.165, 1.54) is 0 Å². The summed E-state index contributed by atoms with van der Waals surface area (Å²) in [5.74, 6) is 1.05. The number of hydrogen-bond donors (Lipinski definition) is 2. The first-order valence-electron chi connectivity index (χ1n) is 6.64. The SMILES string of the molecule is CCc1cc(NC(=O)CC(C)CC(C)(C)C)n[nH]1. The number of hydrogen-bond acceptors (Lipinski definition) is 2. The number of anilines is 1. The molecule has 4 nitrogen and oxygen atoms in total. The van der Waals surface area contributed by atoms with Crippen LogP contribution in [0.1, 0.15) is 53.2 Å². The lowest BCUT2D eigenvalue weighted by atomic mass is 9.84. The van der Waals surface area contributed by atoms with Crippen LogP contribution in [0.3, 0.4) is 0 Å². The van der Waals surface area contributed by atoms with E-state index in [0.29, 0.717) is 18.2 Å². The predicted molar refractivity (Wildman–Crippen MR) is 74.4 cm³/mol. The maximum atomic E-state index is 11.8. The van der Waals surface area contributed by atoms with Gasteiger partial charge in [0.25, 0.3) is 0 Å². The molecule has 0 fully saturated rings. The summed E-state index contributed by atoms with van der Waals surface area (Å²) in [6, 6.07) is 1.88. The molecule has 102 valence electrons. The van der Waals surface area contributed by atoms with E-state index in [9.17, 15) is 4.79 Å². The Morgan fingerprint density at radius 2 is 2.17 bits per heavy atom. The minimum absolute atomic E-state index is 0.0425. The standard InChI is InChI=1S/C14H25N3O/c1-6-11-8-12(17-16-11)15-13(18)7-10(2)9-14(3,4)5/h8,10H,6-7,9H2,1-5H3,(H2,15,16,17,18). The average Bonchev–Trinajstić information content (AvgIpc) is 2.61. The fraction of sp³-hybridized carbons (Fsp3) is 0.714. The number of aromatic amines is 1. The minimum atomic E-state index is 0.0425. The zero-order valence-electron chi connectivity index (χ0n) is 12.1.